The Bertz CT molecular complexity index is 1100. The molecule has 1 rings (SSSR count). The highest BCUT2D eigenvalue weighted by molar-refractivity contribution is 5.80. The Balaban J connectivity index is 2.25. The lowest BCUT2D eigenvalue weighted by molar-refractivity contribution is -0.303. The van der Waals surface area contributed by atoms with Crippen molar-refractivity contribution in [3.05, 3.63) is 12.2 Å². The number of aliphatic hydroxyl groups excluding tert-OH is 7. The van der Waals surface area contributed by atoms with Gasteiger partial charge in [-0.05, 0) is 38.5 Å². The summed E-state index contributed by atoms with van der Waals surface area (Å²) in [6.07, 6.45) is 41.3. The summed E-state index contributed by atoms with van der Waals surface area (Å²) in [7, 11) is 0. The summed E-state index contributed by atoms with van der Waals surface area (Å²) in [5.74, 6) is -0.694. The zero-order chi connectivity index (χ0) is 49.0. The van der Waals surface area contributed by atoms with Crippen LogP contribution in [0.5, 0.6) is 0 Å². The van der Waals surface area contributed by atoms with Gasteiger partial charge in [0.05, 0.1) is 25.4 Å². The van der Waals surface area contributed by atoms with Gasteiger partial charge in [-0.15, -0.1) is 0 Å². The van der Waals surface area contributed by atoms with Gasteiger partial charge in [-0.1, -0.05) is 244 Å². The minimum absolute atomic E-state index is 0.262. The fourth-order valence-corrected chi connectivity index (χ4v) is 9.38. The molecule has 0 radical (unpaired) electrons. The molecule has 1 fully saturated rings. The first-order valence-electron chi connectivity index (χ1n) is 28.6. The van der Waals surface area contributed by atoms with E-state index in [1.807, 2.05) is 0 Å². The maximum Gasteiger partial charge on any atom is 0.249 e. The normalized spacial score (nSPS) is 20.6. The molecule has 1 saturated heterocycles. The number of nitrogens with one attached hydrogen (secondary N) is 1. The number of allylic oxidation sites excluding steroid dienone is 2. The summed E-state index contributed by atoms with van der Waals surface area (Å²) in [4.78, 5) is 13.2. The van der Waals surface area contributed by atoms with Crippen LogP contribution in [0.3, 0.4) is 0 Å². The minimum atomic E-state index is -1.66. The standard InChI is InChI=1S/C56H109NO10/c1-3-5-7-9-11-13-15-17-18-19-20-21-22-23-24-25-26-27-28-29-30-32-34-36-38-40-42-44-49(60)55(65)57-47(46-66-56-54(64)53(63)52(62)50(45-58)67-56)51(61)48(59)43-41-39-37-35-33-31-16-14-12-10-8-6-4-2/h23-24,47-54,56,58-64H,3-22,25-46H2,1-2H3,(H,57,65)/b24-23-. The van der Waals surface area contributed by atoms with Crippen LogP contribution < -0.4 is 5.32 Å². The van der Waals surface area contributed by atoms with Gasteiger partial charge in [0.2, 0.25) is 5.91 Å². The van der Waals surface area contributed by atoms with Gasteiger partial charge in [-0.2, -0.15) is 0 Å². The molecule has 9 atom stereocenters. The fourth-order valence-electron chi connectivity index (χ4n) is 9.38. The zero-order valence-corrected chi connectivity index (χ0v) is 43.4. The van der Waals surface area contributed by atoms with Crippen LogP contribution in [0.4, 0.5) is 0 Å². The summed E-state index contributed by atoms with van der Waals surface area (Å²) in [6.45, 7) is 3.47. The summed E-state index contributed by atoms with van der Waals surface area (Å²) in [5, 5.41) is 76.0. The van der Waals surface area contributed by atoms with Crippen molar-refractivity contribution in [1.29, 1.82) is 0 Å². The van der Waals surface area contributed by atoms with Crippen LogP contribution in [0.2, 0.25) is 0 Å². The second kappa shape index (κ2) is 46.0. The number of hydrogen-bond acceptors (Lipinski definition) is 10. The Labute approximate surface area is 411 Å². The molecule has 8 N–H and O–H groups in total. The number of aliphatic hydroxyl groups is 7. The maximum atomic E-state index is 13.2. The van der Waals surface area contributed by atoms with E-state index in [0.29, 0.717) is 19.3 Å². The van der Waals surface area contributed by atoms with Crippen molar-refractivity contribution in [1.82, 2.24) is 5.32 Å². The molecular weight excluding hydrogens is 847 g/mol. The predicted molar refractivity (Wildman–Crippen MR) is 275 cm³/mol. The first kappa shape index (κ1) is 63.9. The third-order valence-electron chi connectivity index (χ3n) is 14.1. The Morgan fingerprint density at radius 3 is 1.25 bits per heavy atom. The molecule has 1 aliphatic rings. The molecule has 0 aromatic rings. The maximum absolute atomic E-state index is 13.2. The molecule has 0 aromatic carbocycles. The monoisotopic (exact) mass is 956 g/mol. The van der Waals surface area contributed by atoms with Gasteiger partial charge in [0.1, 0.15) is 36.6 Å². The van der Waals surface area contributed by atoms with Gasteiger partial charge in [0.15, 0.2) is 6.29 Å². The van der Waals surface area contributed by atoms with Crippen molar-refractivity contribution in [3.63, 3.8) is 0 Å². The second-order valence-corrected chi connectivity index (χ2v) is 20.4. The quantitative estimate of drug-likeness (QED) is 0.0215. The lowest BCUT2D eigenvalue weighted by atomic mass is 9.98. The van der Waals surface area contributed by atoms with Crippen LogP contribution in [0.25, 0.3) is 0 Å². The summed E-state index contributed by atoms with van der Waals surface area (Å²) in [6, 6.07) is -1.16. The smallest absolute Gasteiger partial charge is 0.249 e. The molecule has 11 heteroatoms. The van der Waals surface area contributed by atoms with Crippen LogP contribution in [0, 0.1) is 0 Å². The number of carbonyl (C=O) groups excluding carboxylic acids is 1. The van der Waals surface area contributed by atoms with Crippen LogP contribution in [0.1, 0.15) is 271 Å². The molecule has 0 bridgehead atoms. The second-order valence-electron chi connectivity index (χ2n) is 20.4. The molecule has 0 spiro atoms. The predicted octanol–water partition coefficient (Wildman–Crippen LogP) is 11.6. The zero-order valence-electron chi connectivity index (χ0n) is 43.4. The lowest BCUT2D eigenvalue weighted by Gasteiger charge is -2.40. The first-order valence-corrected chi connectivity index (χ1v) is 28.6. The van der Waals surface area contributed by atoms with E-state index in [1.54, 1.807) is 0 Å². The molecule has 1 amide bonds. The molecule has 0 aliphatic carbocycles. The van der Waals surface area contributed by atoms with Crippen molar-refractivity contribution >= 4 is 5.91 Å². The minimum Gasteiger partial charge on any atom is -0.394 e. The van der Waals surface area contributed by atoms with Gasteiger partial charge in [0.25, 0.3) is 0 Å². The molecule has 9 unspecified atom stereocenters. The van der Waals surface area contributed by atoms with Crippen LogP contribution in [-0.4, -0.2) is 110 Å². The fraction of sp³-hybridized carbons (Fsp3) is 0.946. The molecule has 1 aliphatic heterocycles. The van der Waals surface area contributed by atoms with Crippen LogP contribution >= 0.6 is 0 Å². The van der Waals surface area contributed by atoms with Crippen molar-refractivity contribution in [2.45, 2.75) is 326 Å². The third-order valence-corrected chi connectivity index (χ3v) is 14.1. The van der Waals surface area contributed by atoms with Crippen LogP contribution in [0.15, 0.2) is 12.2 Å². The molecule has 11 nitrogen and oxygen atoms in total. The Hall–Kier alpha value is -1.15. The highest BCUT2D eigenvalue weighted by atomic mass is 16.7. The molecular formula is C56H109NO10. The topological polar surface area (TPSA) is 189 Å². The molecule has 1 heterocycles. The highest BCUT2D eigenvalue weighted by Gasteiger charge is 2.44. The molecule has 398 valence electrons. The highest BCUT2D eigenvalue weighted by Crippen LogP contribution is 2.23. The van der Waals surface area contributed by atoms with E-state index in [9.17, 15) is 40.5 Å². The number of carbonyl (C=O) groups is 1. The number of rotatable bonds is 49. The molecule has 67 heavy (non-hydrogen) atoms. The average molecular weight is 956 g/mol. The number of amides is 1. The van der Waals surface area contributed by atoms with E-state index in [2.05, 4.69) is 31.3 Å². The molecule has 0 aromatic heterocycles. The van der Waals surface area contributed by atoms with Gasteiger partial charge in [0, 0.05) is 0 Å². The van der Waals surface area contributed by atoms with E-state index in [0.717, 1.165) is 38.5 Å². The SMILES string of the molecule is CCCCCCCCCCCCCC/C=C\CCCCCCCCCCCCCC(O)C(=O)NC(COC1OC(CO)C(O)C(O)C1O)C(O)C(O)CCCCCCCCCCCCCCC. The summed E-state index contributed by atoms with van der Waals surface area (Å²) < 4.78 is 11.1. The Morgan fingerprint density at radius 1 is 0.507 bits per heavy atom. The van der Waals surface area contributed by atoms with Gasteiger partial charge < -0.3 is 50.5 Å². The van der Waals surface area contributed by atoms with E-state index in [4.69, 9.17) is 9.47 Å². The number of unbranched alkanes of at least 4 members (excludes halogenated alkanes) is 35. The van der Waals surface area contributed by atoms with Crippen molar-refractivity contribution < 1.29 is 50.0 Å². The largest absolute Gasteiger partial charge is 0.394 e. The van der Waals surface area contributed by atoms with Crippen LogP contribution in [-0.2, 0) is 14.3 Å². The van der Waals surface area contributed by atoms with E-state index >= 15 is 0 Å². The number of ether oxygens (including phenoxy) is 2. The van der Waals surface area contributed by atoms with E-state index in [-0.39, 0.29) is 6.42 Å². The Morgan fingerprint density at radius 2 is 0.866 bits per heavy atom. The van der Waals surface area contributed by atoms with Gasteiger partial charge in [-0.25, -0.2) is 0 Å². The summed E-state index contributed by atoms with van der Waals surface area (Å²) >= 11 is 0. The van der Waals surface area contributed by atoms with Crippen molar-refractivity contribution in [2.24, 2.45) is 0 Å². The lowest BCUT2D eigenvalue weighted by Crippen LogP contribution is -2.60. The van der Waals surface area contributed by atoms with Gasteiger partial charge in [-0.3, -0.25) is 4.79 Å². The third kappa shape index (κ3) is 34.8. The number of hydrogen-bond donors (Lipinski definition) is 8. The van der Waals surface area contributed by atoms with E-state index in [1.165, 1.54) is 193 Å². The Kier molecular flexibility index (Phi) is 43.8. The van der Waals surface area contributed by atoms with Crippen molar-refractivity contribution in [3.8, 4) is 0 Å². The summed E-state index contributed by atoms with van der Waals surface area (Å²) in [5.41, 5.74) is 0. The average Bonchev–Trinajstić information content (AvgIpc) is 3.33. The van der Waals surface area contributed by atoms with Crippen molar-refractivity contribution in [2.75, 3.05) is 13.2 Å². The molecule has 0 saturated carbocycles. The van der Waals surface area contributed by atoms with Gasteiger partial charge >= 0.3 is 0 Å². The van der Waals surface area contributed by atoms with E-state index < -0.39 is 74.2 Å². The first-order chi connectivity index (χ1) is 32.7.